The molecular weight excluding hydrogens is 230 g/mol. The lowest BCUT2D eigenvalue weighted by Gasteiger charge is -2.16. The Balaban J connectivity index is 2.37. The first-order valence-corrected chi connectivity index (χ1v) is 5.06. The van der Waals surface area contributed by atoms with Gasteiger partial charge in [0.05, 0.1) is 5.71 Å². The number of nitrogens with zero attached hydrogens (tertiary/aromatic N) is 1. The van der Waals surface area contributed by atoms with Gasteiger partial charge < -0.3 is 5.21 Å². The first kappa shape index (κ1) is 8.75. The van der Waals surface area contributed by atoms with E-state index >= 15 is 0 Å². The summed E-state index contributed by atoms with van der Waals surface area (Å²) in [4.78, 5) is 0. The van der Waals surface area contributed by atoms with Crippen LogP contribution in [0.15, 0.2) is 27.8 Å². The topological polar surface area (TPSA) is 32.6 Å². The van der Waals surface area contributed by atoms with Crippen molar-refractivity contribution in [2.75, 3.05) is 0 Å². The first-order chi connectivity index (χ1) is 6.29. The molecule has 68 valence electrons. The molecule has 1 N–H and O–H groups in total. The van der Waals surface area contributed by atoms with Gasteiger partial charge in [0, 0.05) is 10.9 Å². The summed E-state index contributed by atoms with van der Waals surface area (Å²) in [6.45, 7) is 0. The molecule has 1 aromatic rings. The van der Waals surface area contributed by atoms with Gasteiger partial charge in [0.25, 0.3) is 0 Å². The third kappa shape index (κ3) is 1.75. The first-order valence-electron chi connectivity index (χ1n) is 4.26. The standard InChI is InChI=1S/C10H10BrNO/c11-9-3-1-8-6-10(12-13)4-2-7(8)5-9/h1,3,5,13H,2,4,6H2. The number of hydrogen-bond donors (Lipinski definition) is 1. The molecule has 0 heterocycles. The van der Waals surface area contributed by atoms with Crippen molar-refractivity contribution in [2.45, 2.75) is 19.3 Å². The Hall–Kier alpha value is -0.830. The van der Waals surface area contributed by atoms with Gasteiger partial charge in [0.15, 0.2) is 0 Å². The molecule has 0 saturated carbocycles. The molecule has 1 aliphatic carbocycles. The molecule has 3 heteroatoms. The number of halogens is 1. The molecule has 0 fully saturated rings. The van der Waals surface area contributed by atoms with Crippen LogP contribution in [0.3, 0.4) is 0 Å². The van der Waals surface area contributed by atoms with Gasteiger partial charge in [-0.2, -0.15) is 0 Å². The maximum atomic E-state index is 8.65. The Morgan fingerprint density at radius 2 is 2.08 bits per heavy atom. The molecule has 0 spiro atoms. The number of aryl methyl sites for hydroxylation is 1. The summed E-state index contributed by atoms with van der Waals surface area (Å²) in [7, 11) is 0. The number of fused-ring (bicyclic) bond motifs is 1. The molecule has 1 aromatic carbocycles. The number of benzene rings is 1. The van der Waals surface area contributed by atoms with Gasteiger partial charge in [0.2, 0.25) is 0 Å². The van der Waals surface area contributed by atoms with Gasteiger partial charge in [-0.3, -0.25) is 0 Å². The third-order valence-electron chi connectivity index (χ3n) is 2.39. The largest absolute Gasteiger partial charge is 0.411 e. The molecule has 2 nitrogen and oxygen atoms in total. The van der Waals surface area contributed by atoms with E-state index in [1.165, 1.54) is 11.1 Å². The smallest absolute Gasteiger partial charge is 0.0617 e. The zero-order valence-electron chi connectivity index (χ0n) is 7.13. The molecule has 0 radical (unpaired) electrons. The average molecular weight is 240 g/mol. The second-order valence-corrected chi connectivity index (χ2v) is 4.17. The van der Waals surface area contributed by atoms with Gasteiger partial charge in [-0.25, -0.2) is 0 Å². The molecule has 0 bridgehead atoms. The van der Waals surface area contributed by atoms with Crippen LogP contribution in [-0.4, -0.2) is 10.9 Å². The minimum Gasteiger partial charge on any atom is -0.411 e. The molecule has 1 aliphatic rings. The lowest BCUT2D eigenvalue weighted by Crippen LogP contribution is -2.13. The lowest BCUT2D eigenvalue weighted by atomic mass is 9.90. The van der Waals surface area contributed by atoms with E-state index in [9.17, 15) is 0 Å². The molecule has 0 aliphatic heterocycles. The van der Waals surface area contributed by atoms with Crippen LogP contribution < -0.4 is 0 Å². The van der Waals surface area contributed by atoms with Gasteiger partial charge in [-0.1, -0.05) is 27.2 Å². The summed E-state index contributed by atoms with van der Waals surface area (Å²) < 4.78 is 1.12. The van der Waals surface area contributed by atoms with E-state index in [2.05, 4.69) is 33.2 Å². The fourth-order valence-electron chi connectivity index (χ4n) is 1.67. The summed E-state index contributed by atoms with van der Waals surface area (Å²) in [6, 6.07) is 6.26. The van der Waals surface area contributed by atoms with Crippen LogP contribution in [-0.2, 0) is 12.8 Å². The van der Waals surface area contributed by atoms with Crippen molar-refractivity contribution in [1.29, 1.82) is 0 Å². The molecule has 0 aromatic heterocycles. The molecule has 0 atom stereocenters. The molecule has 2 rings (SSSR count). The SMILES string of the molecule is ON=C1CCc2cc(Br)ccc2C1. The predicted molar refractivity (Wildman–Crippen MR) is 55.4 cm³/mol. The van der Waals surface area contributed by atoms with E-state index < -0.39 is 0 Å². The van der Waals surface area contributed by atoms with Crippen LogP contribution in [0.5, 0.6) is 0 Å². The highest BCUT2D eigenvalue weighted by Crippen LogP contribution is 2.23. The van der Waals surface area contributed by atoms with Gasteiger partial charge >= 0.3 is 0 Å². The maximum absolute atomic E-state index is 8.65. The molecule has 0 amide bonds. The van der Waals surface area contributed by atoms with Crippen molar-refractivity contribution < 1.29 is 5.21 Å². The van der Waals surface area contributed by atoms with E-state index in [-0.39, 0.29) is 0 Å². The molecule has 0 saturated heterocycles. The van der Waals surface area contributed by atoms with E-state index in [0.717, 1.165) is 29.4 Å². The summed E-state index contributed by atoms with van der Waals surface area (Å²) in [6.07, 6.45) is 2.65. The van der Waals surface area contributed by atoms with Crippen molar-refractivity contribution in [1.82, 2.24) is 0 Å². The van der Waals surface area contributed by atoms with E-state index in [4.69, 9.17) is 5.21 Å². The van der Waals surface area contributed by atoms with E-state index in [1.807, 2.05) is 6.07 Å². The van der Waals surface area contributed by atoms with Gasteiger partial charge in [0.1, 0.15) is 0 Å². The van der Waals surface area contributed by atoms with E-state index in [1.54, 1.807) is 0 Å². The van der Waals surface area contributed by atoms with Crippen LogP contribution in [0, 0.1) is 0 Å². The normalized spacial score (nSPS) is 18.7. The van der Waals surface area contributed by atoms with Crippen molar-refractivity contribution in [2.24, 2.45) is 5.16 Å². The van der Waals surface area contributed by atoms with Crippen molar-refractivity contribution in [3.8, 4) is 0 Å². The second-order valence-electron chi connectivity index (χ2n) is 3.26. The highest BCUT2D eigenvalue weighted by molar-refractivity contribution is 9.10. The highest BCUT2D eigenvalue weighted by Gasteiger charge is 2.14. The van der Waals surface area contributed by atoms with E-state index in [0.29, 0.717) is 0 Å². The van der Waals surface area contributed by atoms with Crippen molar-refractivity contribution in [3.63, 3.8) is 0 Å². The second kappa shape index (κ2) is 3.50. The summed E-state index contributed by atoms with van der Waals surface area (Å²) >= 11 is 3.44. The zero-order chi connectivity index (χ0) is 9.26. The zero-order valence-corrected chi connectivity index (χ0v) is 8.71. The predicted octanol–water partition coefficient (Wildman–Crippen LogP) is 2.77. The van der Waals surface area contributed by atoms with Crippen LogP contribution >= 0.6 is 15.9 Å². The molecule has 0 unspecified atom stereocenters. The fraction of sp³-hybridized carbons (Fsp3) is 0.300. The number of rotatable bonds is 0. The third-order valence-corrected chi connectivity index (χ3v) is 2.88. The maximum Gasteiger partial charge on any atom is 0.0617 e. The summed E-state index contributed by atoms with van der Waals surface area (Å²) in [5, 5.41) is 11.9. The Labute approximate surface area is 85.4 Å². The summed E-state index contributed by atoms with van der Waals surface area (Å²) in [5.74, 6) is 0. The van der Waals surface area contributed by atoms with Crippen molar-refractivity contribution >= 4 is 21.6 Å². The van der Waals surface area contributed by atoms with Crippen molar-refractivity contribution in [3.05, 3.63) is 33.8 Å². The Kier molecular flexibility index (Phi) is 2.36. The van der Waals surface area contributed by atoms with Crippen LogP contribution in [0.4, 0.5) is 0 Å². The monoisotopic (exact) mass is 239 g/mol. The van der Waals surface area contributed by atoms with Gasteiger partial charge in [-0.15, -0.1) is 0 Å². The number of hydrogen-bond acceptors (Lipinski definition) is 2. The Morgan fingerprint density at radius 1 is 1.23 bits per heavy atom. The average Bonchev–Trinajstić information content (AvgIpc) is 2.17. The summed E-state index contributed by atoms with van der Waals surface area (Å²) in [5.41, 5.74) is 3.53. The fourth-order valence-corrected chi connectivity index (χ4v) is 2.08. The van der Waals surface area contributed by atoms with Crippen LogP contribution in [0.25, 0.3) is 0 Å². The van der Waals surface area contributed by atoms with Crippen LogP contribution in [0.2, 0.25) is 0 Å². The quantitative estimate of drug-likeness (QED) is 0.548. The minimum absolute atomic E-state index is 0.791. The molecule has 13 heavy (non-hydrogen) atoms. The lowest BCUT2D eigenvalue weighted by molar-refractivity contribution is 0.316. The number of oxime groups is 1. The van der Waals surface area contributed by atoms with Crippen LogP contribution in [0.1, 0.15) is 17.5 Å². The highest BCUT2D eigenvalue weighted by atomic mass is 79.9. The Bertz CT molecular complexity index is 360. The van der Waals surface area contributed by atoms with Gasteiger partial charge in [-0.05, 0) is 36.1 Å². The Morgan fingerprint density at radius 3 is 2.85 bits per heavy atom. The minimum atomic E-state index is 0.791. The molecular formula is C10H10BrNO.